The van der Waals surface area contributed by atoms with E-state index >= 15 is 0 Å². The van der Waals surface area contributed by atoms with Crippen LogP contribution in [0.2, 0.25) is 0 Å². The maximum atomic E-state index is 13.4. The van der Waals surface area contributed by atoms with Crippen LogP contribution < -0.4 is 5.32 Å². The van der Waals surface area contributed by atoms with E-state index in [4.69, 9.17) is 0 Å². The summed E-state index contributed by atoms with van der Waals surface area (Å²) in [6.07, 6.45) is 6.08. The summed E-state index contributed by atoms with van der Waals surface area (Å²) in [4.78, 5) is 32.3. The lowest BCUT2D eigenvalue weighted by molar-refractivity contribution is -0.130. The zero-order valence-electron chi connectivity index (χ0n) is 19.0. The third-order valence-corrected chi connectivity index (χ3v) is 6.33. The van der Waals surface area contributed by atoms with Crippen molar-refractivity contribution in [2.45, 2.75) is 19.8 Å². The molecule has 168 valence electrons. The Morgan fingerprint density at radius 3 is 2.67 bits per heavy atom. The van der Waals surface area contributed by atoms with Gasteiger partial charge in [0.1, 0.15) is 0 Å². The van der Waals surface area contributed by atoms with Crippen LogP contribution in [-0.2, 0) is 11.2 Å². The molecule has 0 radical (unpaired) electrons. The molecule has 2 aromatic carbocycles. The van der Waals surface area contributed by atoms with Crippen molar-refractivity contribution in [1.29, 1.82) is 0 Å². The number of nitrogens with one attached hydrogen (secondary N) is 1. The van der Waals surface area contributed by atoms with Crippen molar-refractivity contribution in [3.05, 3.63) is 102 Å². The standard InChI is InChI=1S/C28H29N3O2/c1-3-14-30-27(33)28(13-17-31(20-28)26(32)22-11-15-29-16-12-22)19-24-8-4-5-10-25(24)23-9-6-7-21(2)18-23/h3-12,15-16,18H,1,13-14,17,19-20H2,2H3,(H,30,33)/t28-/m0/s1. The van der Waals surface area contributed by atoms with E-state index in [1.807, 2.05) is 12.1 Å². The van der Waals surface area contributed by atoms with E-state index in [9.17, 15) is 9.59 Å². The first kappa shape index (κ1) is 22.5. The molecule has 1 N–H and O–H groups in total. The second-order valence-corrected chi connectivity index (χ2v) is 8.70. The number of amides is 2. The van der Waals surface area contributed by atoms with Crippen LogP contribution in [0.25, 0.3) is 11.1 Å². The largest absolute Gasteiger partial charge is 0.352 e. The molecule has 3 aromatic rings. The fourth-order valence-corrected chi connectivity index (χ4v) is 4.62. The minimum absolute atomic E-state index is 0.0357. The van der Waals surface area contributed by atoms with Crippen LogP contribution in [0.15, 0.2) is 85.7 Å². The molecule has 1 aliphatic rings. The van der Waals surface area contributed by atoms with Gasteiger partial charge < -0.3 is 10.2 Å². The third-order valence-electron chi connectivity index (χ3n) is 6.33. The van der Waals surface area contributed by atoms with Gasteiger partial charge in [0.2, 0.25) is 5.91 Å². The Morgan fingerprint density at radius 2 is 1.91 bits per heavy atom. The summed E-state index contributed by atoms with van der Waals surface area (Å²) in [7, 11) is 0. The van der Waals surface area contributed by atoms with Gasteiger partial charge in [-0.05, 0) is 48.6 Å². The van der Waals surface area contributed by atoms with E-state index in [1.54, 1.807) is 35.5 Å². The van der Waals surface area contributed by atoms with Gasteiger partial charge in [0.15, 0.2) is 0 Å². The van der Waals surface area contributed by atoms with Crippen molar-refractivity contribution in [3.63, 3.8) is 0 Å². The highest BCUT2D eigenvalue weighted by Gasteiger charge is 2.46. The number of aryl methyl sites for hydroxylation is 1. The van der Waals surface area contributed by atoms with Crippen LogP contribution in [0, 0.1) is 12.3 Å². The van der Waals surface area contributed by atoms with Gasteiger partial charge in [-0.25, -0.2) is 0 Å². The topological polar surface area (TPSA) is 62.3 Å². The van der Waals surface area contributed by atoms with Crippen LogP contribution in [-0.4, -0.2) is 41.3 Å². The number of nitrogens with zero attached hydrogens (tertiary/aromatic N) is 2. The maximum absolute atomic E-state index is 13.4. The number of hydrogen-bond acceptors (Lipinski definition) is 3. The zero-order chi connectivity index (χ0) is 23.3. The number of carbonyl (C=O) groups excluding carboxylic acids is 2. The van der Waals surface area contributed by atoms with Crippen molar-refractivity contribution >= 4 is 11.8 Å². The molecule has 1 aliphatic heterocycles. The SMILES string of the molecule is C=CCNC(=O)[C@]1(Cc2ccccc2-c2cccc(C)c2)CCN(C(=O)c2ccncc2)C1. The minimum Gasteiger partial charge on any atom is -0.352 e. The Kier molecular flexibility index (Phi) is 6.68. The van der Waals surface area contributed by atoms with Crippen LogP contribution in [0.1, 0.15) is 27.9 Å². The quantitative estimate of drug-likeness (QED) is 0.554. The fraction of sp³-hybridized carbons (Fsp3) is 0.250. The molecule has 33 heavy (non-hydrogen) atoms. The van der Waals surface area contributed by atoms with Gasteiger partial charge in [0, 0.05) is 37.6 Å². The number of carbonyl (C=O) groups is 2. The molecule has 1 aromatic heterocycles. The highest BCUT2D eigenvalue weighted by Crippen LogP contribution is 2.38. The average molecular weight is 440 g/mol. The van der Waals surface area contributed by atoms with Crippen molar-refractivity contribution in [2.75, 3.05) is 19.6 Å². The summed E-state index contributed by atoms with van der Waals surface area (Å²) < 4.78 is 0. The molecule has 2 amide bonds. The molecule has 5 heteroatoms. The number of hydrogen-bond donors (Lipinski definition) is 1. The van der Waals surface area contributed by atoms with Crippen molar-refractivity contribution < 1.29 is 9.59 Å². The molecular weight excluding hydrogens is 410 g/mol. The highest BCUT2D eigenvalue weighted by molar-refractivity contribution is 5.95. The molecule has 0 aliphatic carbocycles. The molecular formula is C28H29N3O2. The van der Waals surface area contributed by atoms with Gasteiger partial charge in [0.25, 0.3) is 5.91 Å². The van der Waals surface area contributed by atoms with Gasteiger partial charge in [-0.1, -0.05) is 60.2 Å². The Bertz CT molecular complexity index is 1160. The lowest BCUT2D eigenvalue weighted by Gasteiger charge is -2.29. The van der Waals surface area contributed by atoms with Gasteiger partial charge in [-0.15, -0.1) is 6.58 Å². The van der Waals surface area contributed by atoms with E-state index < -0.39 is 5.41 Å². The normalized spacial score (nSPS) is 17.5. The summed E-state index contributed by atoms with van der Waals surface area (Å²) in [6, 6.07) is 20.1. The Balaban J connectivity index is 1.66. The number of likely N-dealkylation sites (tertiary alicyclic amines) is 1. The summed E-state index contributed by atoms with van der Waals surface area (Å²) in [5.41, 5.74) is 4.44. The van der Waals surface area contributed by atoms with E-state index in [0.29, 0.717) is 38.0 Å². The van der Waals surface area contributed by atoms with E-state index in [0.717, 1.165) is 16.7 Å². The summed E-state index contributed by atoms with van der Waals surface area (Å²) in [5.74, 6) is -0.103. The lowest BCUT2D eigenvalue weighted by atomic mass is 9.78. The molecule has 0 bridgehead atoms. The third kappa shape index (κ3) is 4.87. The van der Waals surface area contributed by atoms with Crippen molar-refractivity contribution in [3.8, 4) is 11.1 Å². The van der Waals surface area contributed by atoms with Crippen LogP contribution in [0.3, 0.4) is 0 Å². The minimum atomic E-state index is -0.703. The monoisotopic (exact) mass is 439 g/mol. The van der Waals surface area contributed by atoms with Gasteiger partial charge in [0.05, 0.1) is 5.41 Å². The second-order valence-electron chi connectivity index (χ2n) is 8.70. The molecule has 0 unspecified atom stereocenters. The first-order valence-electron chi connectivity index (χ1n) is 11.3. The molecule has 5 nitrogen and oxygen atoms in total. The van der Waals surface area contributed by atoms with Gasteiger partial charge in [-0.2, -0.15) is 0 Å². The summed E-state index contributed by atoms with van der Waals surface area (Å²) >= 11 is 0. The zero-order valence-corrected chi connectivity index (χ0v) is 19.0. The number of pyridine rings is 1. The van der Waals surface area contributed by atoms with E-state index in [2.05, 4.69) is 60.2 Å². The van der Waals surface area contributed by atoms with Crippen molar-refractivity contribution in [2.24, 2.45) is 5.41 Å². The molecule has 1 saturated heterocycles. The smallest absolute Gasteiger partial charge is 0.253 e. The van der Waals surface area contributed by atoms with Crippen LogP contribution in [0.4, 0.5) is 0 Å². The molecule has 0 saturated carbocycles. The second kappa shape index (κ2) is 9.82. The van der Waals surface area contributed by atoms with Crippen molar-refractivity contribution in [1.82, 2.24) is 15.2 Å². The predicted molar refractivity (Wildman–Crippen MR) is 131 cm³/mol. The average Bonchev–Trinajstić information content (AvgIpc) is 3.28. The molecule has 0 spiro atoms. The lowest BCUT2D eigenvalue weighted by Crippen LogP contribution is -2.45. The van der Waals surface area contributed by atoms with E-state index in [-0.39, 0.29) is 11.8 Å². The number of benzene rings is 2. The van der Waals surface area contributed by atoms with Gasteiger partial charge >= 0.3 is 0 Å². The predicted octanol–water partition coefficient (Wildman–Crippen LogP) is 4.43. The van der Waals surface area contributed by atoms with Crippen LogP contribution in [0.5, 0.6) is 0 Å². The first-order chi connectivity index (χ1) is 16.0. The molecule has 2 heterocycles. The Morgan fingerprint density at radius 1 is 1.12 bits per heavy atom. The fourth-order valence-electron chi connectivity index (χ4n) is 4.62. The Labute approximate surface area is 195 Å². The highest BCUT2D eigenvalue weighted by atomic mass is 16.2. The Hall–Kier alpha value is -3.73. The number of aromatic nitrogens is 1. The first-order valence-corrected chi connectivity index (χ1v) is 11.3. The summed E-state index contributed by atoms with van der Waals surface area (Å²) in [6.45, 7) is 7.12. The van der Waals surface area contributed by atoms with Gasteiger partial charge in [-0.3, -0.25) is 14.6 Å². The number of rotatable bonds is 7. The summed E-state index contributed by atoms with van der Waals surface area (Å²) in [5, 5.41) is 3.00. The molecule has 1 atom stereocenters. The van der Waals surface area contributed by atoms with E-state index in [1.165, 1.54) is 5.56 Å². The molecule has 4 rings (SSSR count). The molecule has 1 fully saturated rings. The van der Waals surface area contributed by atoms with Crippen LogP contribution >= 0.6 is 0 Å². The maximum Gasteiger partial charge on any atom is 0.253 e.